The van der Waals surface area contributed by atoms with Crippen LogP contribution in [0.3, 0.4) is 0 Å². The van der Waals surface area contributed by atoms with Gasteiger partial charge in [0.2, 0.25) is 5.91 Å². The highest BCUT2D eigenvalue weighted by Gasteiger charge is 2.56. The first-order chi connectivity index (χ1) is 11.0. The van der Waals surface area contributed by atoms with Gasteiger partial charge >= 0.3 is 5.97 Å². The molecule has 1 aliphatic carbocycles. The Morgan fingerprint density at radius 3 is 2.52 bits per heavy atom. The molecule has 0 aromatic heterocycles. The number of carboxylic acids is 1. The smallest absolute Gasteiger partial charge is 0.305 e. The van der Waals surface area contributed by atoms with Crippen LogP contribution in [-0.4, -0.2) is 35.7 Å². The minimum absolute atomic E-state index is 0.0282. The highest BCUT2D eigenvalue weighted by atomic mass is 16.5. The van der Waals surface area contributed by atoms with Gasteiger partial charge in [0.1, 0.15) is 0 Å². The zero-order valence-corrected chi connectivity index (χ0v) is 13.4. The van der Waals surface area contributed by atoms with Crippen molar-refractivity contribution in [2.24, 2.45) is 5.92 Å². The molecule has 0 bridgehead atoms. The lowest BCUT2D eigenvalue weighted by Gasteiger charge is -2.37. The Labute approximate surface area is 136 Å². The second-order valence-electron chi connectivity index (χ2n) is 6.99. The van der Waals surface area contributed by atoms with E-state index in [1.807, 2.05) is 18.2 Å². The summed E-state index contributed by atoms with van der Waals surface area (Å²) in [6, 6.07) is 10.0. The standard InChI is InChI=1S/C18H23NO4/c1-17(13-5-3-2-4-6-13)11-14(17)16(22)19-18(12-15(20)21)7-9-23-10-8-18/h2-6,14H,7-12H2,1H3,(H,19,22)(H,20,21)/t14-,17+/m0/s1. The molecule has 124 valence electrons. The second kappa shape index (κ2) is 5.96. The Hall–Kier alpha value is -1.88. The van der Waals surface area contributed by atoms with E-state index in [1.165, 1.54) is 5.56 Å². The van der Waals surface area contributed by atoms with Gasteiger partial charge in [-0.2, -0.15) is 0 Å². The van der Waals surface area contributed by atoms with Crippen LogP contribution in [0.4, 0.5) is 0 Å². The first-order valence-electron chi connectivity index (χ1n) is 8.12. The number of hydrogen-bond donors (Lipinski definition) is 2. The highest BCUT2D eigenvalue weighted by Crippen LogP contribution is 2.54. The van der Waals surface area contributed by atoms with E-state index >= 15 is 0 Å². The summed E-state index contributed by atoms with van der Waals surface area (Å²) in [6.07, 6.45) is 1.87. The lowest BCUT2D eigenvalue weighted by atomic mass is 9.86. The van der Waals surface area contributed by atoms with Gasteiger partial charge in [0, 0.05) is 24.5 Å². The largest absolute Gasteiger partial charge is 0.481 e. The summed E-state index contributed by atoms with van der Waals surface area (Å²) in [5.74, 6) is -0.994. The number of hydrogen-bond acceptors (Lipinski definition) is 3. The van der Waals surface area contributed by atoms with Gasteiger partial charge in [-0.1, -0.05) is 37.3 Å². The van der Waals surface area contributed by atoms with Crippen molar-refractivity contribution in [3.8, 4) is 0 Å². The van der Waals surface area contributed by atoms with E-state index in [2.05, 4.69) is 24.4 Å². The minimum atomic E-state index is -0.881. The predicted molar refractivity (Wildman–Crippen MR) is 85.1 cm³/mol. The molecule has 1 aliphatic heterocycles. The van der Waals surface area contributed by atoms with E-state index < -0.39 is 11.5 Å². The molecule has 1 saturated carbocycles. The molecule has 1 saturated heterocycles. The molecular weight excluding hydrogens is 294 g/mol. The van der Waals surface area contributed by atoms with Crippen molar-refractivity contribution in [2.45, 2.75) is 43.6 Å². The molecule has 2 aliphatic rings. The van der Waals surface area contributed by atoms with Crippen molar-refractivity contribution >= 4 is 11.9 Å². The molecule has 1 amide bonds. The van der Waals surface area contributed by atoms with E-state index in [4.69, 9.17) is 4.74 Å². The van der Waals surface area contributed by atoms with Crippen LogP contribution in [0.25, 0.3) is 0 Å². The van der Waals surface area contributed by atoms with E-state index in [9.17, 15) is 14.7 Å². The summed E-state index contributed by atoms with van der Waals surface area (Å²) in [7, 11) is 0. The lowest BCUT2D eigenvalue weighted by molar-refractivity contribution is -0.140. The number of carboxylic acid groups (broad SMARTS) is 1. The Bertz CT molecular complexity index is 594. The van der Waals surface area contributed by atoms with Gasteiger partial charge in [0.05, 0.1) is 12.0 Å². The van der Waals surface area contributed by atoms with Crippen molar-refractivity contribution in [1.82, 2.24) is 5.32 Å². The third kappa shape index (κ3) is 3.24. The molecule has 0 spiro atoms. The monoisotopic (exact) mass is 317 g/mol. The number of carbonyl (C=O) groups is 2. The Kier molecular flexibility index (Phi) is 4.15. The average molecular weight is 317 g/mol. The van der Waals surface area contributed by atoms with Crippen LogP contribution in [0.1, 0.15) is 38.2 Å². The molecule has 0 radical (unpaired) electrons. The van der Waals surface area contributed by atoms with Crippen LogP contribution in [-0.2, 0) is 19.7 Å². The van der Waals surface area contributed by atoms with Gasteiger partial charge in [-0.25, -0.2) is 0 Å². The molecule has 2 N–H and O–H groups in total. The van der Waals surface area contributed by atoms with E-state index in [0.717, 1.165) is 6.42 Å². The van der Waals surface area contributed by atoms with Crippen LogP contribution < -0.4 is 5.32 Å². The third-order valence-electron chi connectivity index (χ3n) is 5.31. The van der Waals surface area contributed by atoms with Crippen LogP contribution in [0.15, 0.2) is 30.3 Å². The van der Waals surface area contributed by atoms with E-state index in [-0.39, 0.29) is 23.7 Å². The van der Waals surface area contributed by atoms with Crippen molar-refractivity contribution in [1.29, 1.82) is 0 Å². The summed E-state index contributed by atoms with van der Waals surface area (Å²) in [5.41, 5.74) is 0.363. The van der Waals surface area contributed by atoms with Gasteiger partial charge < -0.3 is 15.2 Å². The first kappa shape index (κ1) is 16.0. The molecular formula is C18H23NO4. The Morgan fingerprint density at radius 2 is 1.91 bits per heavy atom. The average Bonchev–Trinajstić information content (AvgIpc) is 3.22. The number of amides is 1. The van der Waals surface area contributed by atoms with Crippen LogP contribution in [0.5, 0.6) is 0 Å². The number of nitrogens with one attached hydrogen (secondary N) is 1. The molecule has 5 nitrogen and oxygen atoms in total. The lowest BCUT2D eigenvalue weighted by Crippen LogP contribution is -2.54. The normalized spacial score (nSPS) is 28.8. The number of benzene rings is 1. The number of aliphatic carboxylic acids is 1. The molecule has 23 heavy (non-hydrogen) atoms. The number of ether oxygens (including phenoxy) is 1. The van der Waals surface area contributed by atoms with Crippen LogP contribution in [0.2, 0.25) is 0 Å². The van der Waals surface area contributed by atoms with E-state index in [0.29, 0.717) is 26.1 Å². The van der Waals surface area contributed by atoms with E-state index in [1.54, 1.807) is 0 Å². The molecule has 2 atom stereocenters. The van der Waals surface area contributed by atoms with Gasteiger partial charge in [0.25, 0.3) is 0 Å². The minimum Gasteiger partial charge on any atom is -0.481 e. The van der Waals surface area contributed by atoms with Crippen LogP contribution in [0, 0.1) is 5.92 Å². The highest BCUT2D eigenvalue weighted by molar-refractivity contribution is 5.85. The molecule has 5 heteroatoms. The summed E-state index contributed by atoms with van der Waals surface area (Å²) in [5, 5.41) is 12.2. The third-order valence-corrected chi connectivity index (χ3v) is 5.31. The zero-order valence-electron chi connectivity index (χ0n) is 13.4. The fourth-order valence-electron chi connectivity index (χ4n) is 3.63. The fraction of sp³-hybridized carbons (Fsp3) is 0.556. The first-order valence-corrected chi connectivity index (χ1v) is 8.12. The van der Waals surface area contributed by atoms with Gasteiger partial charge in [0.15, 0.2) is 0 Å². The van der Waals surface area contributed by atoms with Crippen molar-refractivity contribution in [3.05, 3.63) is 35.9 Å². The van der Waals surface area contributed by atoms with Crippen molar-refractivity contribution in [3.63, 3.8) is 0 Å². The topological polar surface area (TPSA) is 75.6 Å². The molecule has 1 aromatic carbocycles. The molecule has 1 heterocycles. The second-order valence-corrected chi connectivity index (χ2v) is 6.99. The summed E-state index contributed by atoms with van der Waals surface area (Å²) in [6.45, 7) is 3.09. The van der Waals surface area contributed by atoms with Gasteiger partial charge in [-0.15, -0.1) is 0 Å². The summed E-state index contributed by atoms with van der Waals surface area (Å²) >= 11 is 0. The predicted octanol–water partition coefficient (Wildman–Crippen LogP) is 2.10. The van der Waals surface area contributed by atoms with Gasteiger partial charge in [-0.3, -0.25) is 9.59 Å². The fourth-order valence-corrected chi connectivity index (χ4v) is 3.63. The maximum Gasteiger partial charge on any atom is 0.305 e. The maximum absolute atomic E-state index is 12.7. The quantitative estimate of drug-likeness (QED) is 0.872. The molecule has 2 fully saturated rings. The zero-order chi connectivity index (χ0) is 16.5. The van der Waals surface area contributed by atoms with Crippen molar-refractivity contribution < 1.29 is 19.4 Å². The summed E-state index contributed by atoms with van der Waals surface area (Å²) < 4.78 is 5.33. The molecule has 0 unspecified atom stereocenters. The van der Waals surface area contributed by atoms with Crippen LogP contribution >= 0.6 is 0 Å². The Morgan fingerprint density at radius 1 is 1.26 bits per heavy atom. The SMILES string of the molecule is C[C@]1(c2ccccc2)C[C@H]1C(=O)NC1(CC(=O)O)CCOCC1. The van der Waals surface area contributed by atoms with Gasteiger partial charge in [-0.05, 0) is 24.8 Å². The van der Waals surface area contributed by atoms with Crippen molar-refractivity contribution in [2.75, 3.05) is 13.2 Å². The Balaban J connectivity index is 1.70. The number of rotatable bonds is 5. The molecule has 1 aromatic rings. The maximum atomic E-state index is 12.7. The molecule has 3 rings (SSSR count). The number of carbonyl (C=O) groups excluding carboxylic acids is 1. The summed E-state index contributed by atoms with van der Waals surface area (Å²) in [4.78, 5) is 23.9.